The lowest BCUT2D eigenvalue weighted by Gasteiger charge is -2.11. The van der Waals surface area contributed by atoms with E-state index in [2.05, 4.69) is 10.3 Å². The molecule has 0 bridgehead atoms. The number of halogens is 2. The van der Waals surface area contributed by atoms with E-state index < -0.39 is 6.10 Å². The maximum atomic E-state index is 10.1. The quantitative estimate of drug-likeness (QED) is 0.933. The van der Waals surface area contributed by atoms with Crippen LogP contribution >= 0.6 is 23.2 Å². The van der Waals surface area contributed by atoms with Gasteiger partial charge in [-0.2, -0.15) is 0 Å². The molecule has 0 aliphatic heterocycles. The molecule has 1 unspecified atom stereocenters. The smallest absolute Gasteiger partial charge is 0.0861 e. The van der Waals surface area contributed by atoms with Crippen molar-refractivity contribution >= 4 is 23.2 Å². The number of nitrogens with zero attached hydrogens (tertiary/aromatic N) is 3. The minimum Gasteiger partial charge on any atom is -0.388 e. The summed E-state index contributed by atoms with van der Waals surface area (Å²) in [5.41, 5.74) is 1.31. The molecule has 0 saturated carbocycles. The highest BCUT2D eigenvalue weighted by Gasteiger charge is 2.15. The summed E-state index contributed by atoms with van der Waals surface area (Å²) >= 11 is 11.9. The first-order valence-corrected chi connectivity index (χ1v) is 5.80. The van der Waals surface area contributed by atoms with E-state index >= 15 is 0 Å². The number of benzene rings is 1. The Morgan fingerprint density at radius 3 is 2.82 bits per heavy atom. The molecule has 0 aliphatic rings. The van der Waals surface area contributed by atoms with Crippen molar-refractivity contribution in [3.63, 3.8) is 0 Å². The van der Waals surface area contributed by atoms with E-state index in [-0.39, 0.29) is 0 Å². The SMILES string of the molecule is Cn1cc(CC(O)c2cccc(Cl)c2Cl)nn1. The van der Waals surface area contributed by atoms with Crippen molar-refractivity contribution in [2.45, 2.75) is 12.5 Å². The molecule has 1 aromatic heterocycles. The van der Waals surface area contributed by atoms with Crippen LogP contribution in [-0.2, 0) is 13.5 Å². The Balaban J connectivity index is 2.20. The monoisotopic (exact) mass is 271 g/mol. The van der Waals surface area contributed by atoms with Crippen molar-refractivity contribution in [2.24, 2.45) is 7.05 Å². The number of aromatic nitrogens is 3. The van der Waals surface area contributed by atoms with E-state index in [0.29, 0.717) is 27.7 Å². The topological polar surface area (TPSA) is 50.9 Å². The molecule has 1 atom stereocenters. The van der Waals surface area contributed by atoms with E-state index in [1.165, 1.54) is 0 Å². The Morgan fingerprint density at radius 1 is 1.41 bits per heavy atom. The molecule has 2 rings (SSSR count). The van der Waals surface area contributed by atoms with Gasteiger partial charge in [-0.25, -0.2) is 0 Å². The second kappa shape index (κ2) is 5.04. The molecular weight excluding hydrogens is 261 g/mol. The van der Waals surface area contributed by atoms with Crippen molar-refractivity contribution in [1.29, 1.82) is 0 Å². The highest BCUT2D eigenvalue weighted by Crippen LogP contribution is 2.31. The van der Waals surface area contributed by atoms with Crippen LogP contribution in [-0.4, -0.2) is 20.1 Å². The number of aryl methyl sites for hydroxylation is 1. The molecule has 1 heterocycles. The molecule has 0 radical (unpaired) electrons. The largest absolute Gasteiger partial charge is 0.388 e. The summed E-state index contributed by atoms with van der Waals surface area (Å²) in [6.45, 7) is 0. The van der Waals surface area contributed by atoms with E-state index in [1.54, 1.807) is 36.1 Å². The number of hydrogen-bond acceptors (Lipinski definition) is 3. The van der Waals surface area contributed by atoms with Crippen LogP contribution in [0.5, 0.6) is 0 Å². The normalized spacial score (nSPS) is 12.7. The zero-order chi connectivity index (χ0) is 12.4. The molecule has 4 nitrogen and oxygen atoms in total. The lowest BCUT2D eigenvalue weighted by Crippen LogP contribution is -2.03. The van der Waals surface area contributed by atoms with Crippen LogP contribution in [0.25, 0.3) is 0 Å². The lowest BCUT2D eigenvalue weighted by molar-refractivity contribution is 0.177. The van der Waals surface area contributed by atoms with Crippen LogP contribution in [0, 0.1) is 0 Å². The minimum atomic E-state index is -0.738. The van der Waals surface area contributed by atoms with Crippen molar-refractivity contribution < 1.29 is 5.11 Å². The molecule has 2 aromatic rings. The molecule has 6 heteroatoms. The van der Waals surface area contributed by atoms with Crippen molar-refractivity contribution in [3.8, 4) is 0 Å². The van der Waals surface area contributed by atoms with Crippen LogP contribution in [0.15, 0.2) is 24.4 Å². The predicted molar refractivity (Wildman–Crippen MR) is 66.1 cm³/mol. The molecule has 90 valence electrons. The minimum absolute atomic E-state index is 0.355. The first-order chi connectivity index (χ1) is 8.08. The Bertz CT molecular complexity index is 527. The second-order valence-corrected chi connectivity index (χ2v) is 4.53. The van der Waals surface area contributed by atoms with Crippen molar-refractivity contribution in [1.82, 2.24) is 15.0 Å². The summed E-state index contributed by atoms with van der Waals surface area (Å²) in [4.78, 5) is 0. The van der Waals surface area contributed by atoms with Crippen molar-refractivity contribution in [3.05, 3.63) is 45.7 Å². The number of aliphatic hydroxyl groups excluding tert-OH is 1. The van der Waals surface area contributed by atoms with Crippen LogP contribution in [0.3, 0.4) is 0 Å². The summed E-state index contributed by atoms with van der Waals surface area (Å²) in [6, 6.07) is 5.18. The molecule has 0 amide bonds. The maximum absolute atomic E-state index is 10.1. The van der Waals surface area contributed by atoms with E-state index in [1.807, 2.05) is 0 Å². The standard InChI is InChI=1S/C11H11Cl2N3O/c1-16-6-7(14-15-16)5-10(17)8-3-2-4-9(12)11(8)13/h2-4,6,10,17H,5H2,1H3. The zero-order valence-electron chi connectivity index (χ0n) is 9.14. The fourth-order valence-corrected chi connectivity index (χ4v) is 2.01. The molecule has 17 heavy (non-hydrogen) atoms. The fourth-order valence-electron chi connectivity index (χ4n) is 1.57. The Kier molecular flexibility index (Phi) is 3.66. The Labute approximate surface area is 109 Å². The third kappa shape index (κ3) is 2.77. The predicted octanol–water partition coefficient (Wildman–Crippen LogP) is 2.40. The van der Waals surface area contributed by atoms with Gasteiger partial charge in [-0.3, -0.25) is 4.68 Å². The molecule has 0 spiro atoms. The highest BCUT2D eigenvalue weighted by atomic mass is 35.5. The number of aliphatic hydroxyl groups is 1. The molecule has 0 fully saturated rings. The first kappa shape index (κ1) is 12.4. The van der Waals surface area contributed by atoms with E-state index in [9.17, 15) is 5.11 Å². The van der Waals surface area contributed by atoms with Crippen LogP contribution in [0.1, 0.15) is 17.4 Å². The average Bonchev–Trinajstić information content (AvgIpc) is 2.68. The van der Waals surface area contributed by atoms with Gasteiger partial charge in [0, 0.05) is 25.2 Å². The van der Waals surface area contributed by atoms with Crippen LogP contribution in [0.2, 0.25) is 10.0 Å². The average molecular weight is 272 g/mol. The second-order valence-electron chi connectivity index (χ2n) is 3.75. The van der Waals surface area contributed by atoms with Crippen LogP contribution < -0.4 is 0 Å². The van der Waals surface area contributed by atoms with Gasteiger partial charge in [-0.15, -0.1) is 5.10 Å². The Morgan fingerprint density at radius 2 is 2.18 bits per heavy atom. The van der Waals surface area contributed by atoms with Crippen molar-refractivity contribution in [2.75, 3.05) is 0 Å². The molecule has 0 aliphatic carbocycles. The van der Waals surface area contributed by atoms with E-state index in [0.717, 1.165) is 0 Å². The lowest BCUT2D eigenvalue weighted by atomic mass is 10.1. The van der Waals surface area contributed by atoms with Gasteiger partial charge in [0.2, 0.25) is 0 Å². The summed E-state index contributed by atoms with van der Waals surface area (Å²) in [7, 11) is 1.77. The van der Waals surface area contributed by atoms with Gasteiger partial charge in [0.05, 0.1) is 21.8 Å². The zero-order valence-corrected chi connectivity index (χ0v) is 10.7. The highest BCUT2D eigenvalue weighted by molar-refractivity contribution is 6.42. The van der Waals surface area contributed by atoms with Gasteiger partial charge in [-0.1, -0.05) is 40.5 Å². The Hall–Kier alpha value is -1.10. The molecule has 1 N–H and O–H groups in total. The number of rotatable bonds is 3. The summed E-state index contributed by atoms with van der Waals surface area (Å²) in [5.74, 6) is 0. The van der Waals surface area contributed by atoms with Gasteiger partial charge < -0.3 is 5.11 Å². The van der Waals surface area contributed by atoms with Gasteiger partial charge in [0.25, 0.3) is 0 Å². The van der Waals surface area contributed by atoms with Gasteiger partial charge in [0.15, 0.2) is 0 Å². The first-order valence-electron chi connectivity index (χ1n) is 5.05. The molecular formula is C11H11Cl2N3O. The summed E-state index contributed by atoms with van der Waals surface area (Å²) in [5, 5.41) is 18.6. The van der Waals surface area contributed by atoms with Crippen LogP contribution in [0.4, 0.5) is 0 Å². The fraction of sp³-hybridized carbons (Fsp3) is 0.273. The van der Waals surface area contributed by atoms with Gasteiger partial charge in [-0.05, 0) is 6.07 Å². The molecule has 0 saturated heterocycles. The molecule has 1 aromatic carbocycles. The van der Waals surface area contributed by atoms with Gasteiger partial charge in [0.1, 0.15) is 0 Å². The van der Waals surface area contributed by atoms with Gasteiger partial charge >= 0.3 is 0 Å². The summed E-state index contributed by atoms with van der Waals surface area (Å²) in [6.07, 6.45) is 1.37. The number of hydrogen-bond donors (Lipinski definition) is 1. The summed E-state index contributed by atoms with van der Waals surface area (Å²) < 4.78 is 1.58. The third-order valence-corrected chi connectivity index (χ3v) is 3.23. The third-order valence-electron chi connectivity index (χ3n) is 2.39. The van der Waals surface area contributed by atoms with E-state index in [4.69, 9.17) is 23.2 Å². The maximum Gasteiger partial charge on any atom is 0.0861 e.